The van der Waals surface area contributed by atoms with E-state index < -0.39 is 4.87 Å². The van der Waals surface area contributed by atoms with Crippen molar-refractivity contribution in [1.82, 2.24) is 9.55 Å². The number of carbonyl (C=O) groups is 1. The Labute approximate surface area is 268 Å². The van der Waals surface area contributed by atoms with Crippen molar-refractivity contribution >= 4 is 17.2 Å². The number of aromatic hydroxyl groups is 1. The highest BCUT2D eigenvalue weighted by atomic mass is 32.1. The Balaban J connectivity index is 1.29. The first-order chi connectivity index (χ1) is 21.5. The molecule has 0 amide bonds. The van der Waals surface area contributed by atoms with E-state index in [-0.39, 0.29) is 18.2 Å². The molecule has 44 heavy (non-hydrogen) atoms. The van der Waals surface area contributed by atoms with Gasteiger partial charge in [-0.1, -0.05) is 133 Å². The molecule has 0 bridgehead atoms. The van der Waals surface area contributed by atoms with E-state index in [1.165, 1.54) is 82.6 Å². The van der Waals surface area contributed by atoms with Crippen LogP contribution in [0.3, 0.4) is 0 Å². The summed E-state index contributed by atoms with van der Waals surface area (Å²) in [5, 5.41) is 10.7. The van der Waals surface area contributed by atoms with E-state index >= 15 is 0 Å². The molecule has 0 aliphatic carbocycles. The minimum atomic E-state index is -0.413. The SMILES string of the molecule is CCCCCCCCCCCCCCCCCC(=O)n1c(O)c(Cc2ccc(OCCc3ccc(CC)cn3)cc2)sc1=O. The van der Waals surface area contributed by atoms with Crippen LogP contribution in [0.5, 0.6) is 11.6 Å². The number of rotatable bonds is 23. The van der Waals surface area contributed by atoms with Crippen molar-refractivity contribution in [3.63, 3.8) is 0 Å². The summed E-state index contributed by atoms with van der Waals surface area (Å²) in [7, 11) is 0. The molecular weight excluding hydrogens is 568 g/mol. The number of aryl methyl sites for hydroxylation is 1. The Hall–Kier alpha value is -2.93. The molecular formula is C37H54N2O4S. The van der Waals surface area contributed by atoms with Crippen LogP contribution in [0.15, 0.2) is 47.4 Å². The van der Waals surface area contributed by atoms with Crippen LogP contribution in [0.4, 0.5) is 0 Å². The van der Waals surface area contributed by atoms with Crippen LogP contribution >= 0.6 is 11.3 Å². The van der Waals surface area contributed by atoms with Crippen molar-refractivity contribution in [2.24, 2.45) is 0 Å². The van der Waals surface area contributed by atoms with Gasteiger partial charge in [0.25, 0.3) is 0 Å². The number of nitrogens with zero attached hydrogens (tertiary/aromatic N) is 2. The minimum Gasteiger partial charge on any atom is -0.493 e. The smallest absolute Gasteiger partial charge is 0.317 e. The second-order valence-electron chi connectivity index (χ2n) is 12.0. The lowest BCUT2D eigenvalue weighted by atomic mass is 10.0. The molecule has 0 saturated heterocycles. The third kappa shape index (κ3) is 13.0. The first-order valence-electron chi connectivity index (χ1n) is 17.1. The first-order valence-corrected chi connectivity index (χ1v) is 18.0. The molecule has 1 N–H and O–H groups in total. The lowest BCUT2D eigenvalue weighted by molar-refractivity contribution is 0.0886. The maximum Gasteiger partial charge on any atom is 0.317 e. The Kier molecular flexibility index (Phi) is 16.9. The molecule has 242 valence electrons. The number of unbranched alkanes of at least 4 members (excludes halogenated alkanes) is 14. The normalized spacial score (nSPS) is 11.2. The number of hydrogen-bond donors (Lipinski definition) is 1. The lowest BCUT2D eigenvalue weighted by Gasteiger charge is -2.08. The van der Waals surface area contributed by atoms with E-state index in [1.54, 1.807) is 0 Å². The van der Waals surface area contributed by atoms with Gasteiger partial charge < -0.3 is 9.84 Å². The molecule has 2 aromatic heterocycles. The van der Waals surface area contributed by atoms with Gasteiger partial charge in [0, 0.05) is 31.2 Å². The van der Waals surface area contributed by atoms with E-state index in [0.29, 0.717) is 17.9 Å². The van der Waals surface area contributed by atoms with Gasteiger partial charge in [-0.2, -0.15) is 0 Å². The van der Waals surface area contributed by atoms with Gasteiger partial charge >= 0.3 is 4.87 Å². The average Bonchev–Trinajstić information content (AvgIpc) is 3.32. The van der Waals surface area contributed by atoms with Gasteiger partial charge in [-0.05, 0) is 42.2 Å². The largest absolute Gasteiger partial charge is 0.493 e. The van der Waals surface area contributed by atoms with E-state index in [2.05, 4.69) is 24.9 Å². The fraction of sp³-hybridized carbons (Fsp3) is 0.595. The van der Waals surface area contributed by atoms with Crippen LogP contribution in [0.1, 0.15) is 143 Å². The molecule has 3 rings (SSSR count). The van der Waals surface area contributed by atoms with Gasteiger partial charge in [-0.3, -0.25) is 14.6 Å². The molecule has 7 heteroatoms. The highest BCUT2D eigenvalue weighted by Crippen LogP contribution is 2.25. The van der Waals surface area contributed by atoms with Gasteiger partial charge in [0.1, 0.15) is 5.75 Å². The monoisotopic (exact) mass is 622 g/mol. The molecule has 0 spiro atoms. The second kappa shape index (κ2) is 20.9. The summed E-state index contributed by atoms with van der Waals surface area (Å²) in [6.45, 7) is 4.91. The van der Waals surface area contributed by atoms with E-state index in [9.17, 15) is 14.7 Å². The topological polar surface area (TPSA) is 81.4 Å². The Morgan fingerprint density at radius 2 is 1.36 bits per heavy atom. The van der Waals surface area contributed by atoms with E-state index in [4.69, 9.17) is 4.74 Å². The summed E-state index contributed by atoms with van der Waals surface area (Å²) in [6, 6.07) is 11.8. The fourth-order valence-corrected chi connectivity index (χ4v) is 6.39. The fourth-order valence-electron chi connectivity index (χ4n) is 5.48. The van der Waals surface area contributed by atoms with Crippen LogP contribution in [-0.4, -0.2) is 27.2 Å². The standard InChI is InChI=1S/C37H54N2O4S/c1-3-5-6-7-8-9-10-11-12-13-14-15-16-17-18-19-35(40)39-36(41)34(44-37(39)42)28-31-21-24-33(25-22-31)43-27-26-32-23-20-30(4-2)29-38-32/h20-25,29,41H,3-19,26-28H2,1-2H3. The van der Waals surface area contributed by atoms with Crippen molar-refractivity contribution in [3.05, 3.63) is 74.0 Å². The van der Waals surface area contributed by atoms with Crippen LogP contribution in [-0.2, 0) is 19.3 Å². The summed E-state index contributed by atoms with van der Waals surface area (Å²) in [6.07, 6.45) is 23.2. The molecule has 0 unspecified atom stereocenters. The molecule has 6 nitrogen and oxygen atoms in total. The summed E-state index contributed by atoms with van der Waals surface area (Å²) in [5.74, 6) is 0.229. The number of hydrogen-bond acceptors (Lipinski definition) is 6. The van der Waals surface area contributed by atoms with Gasteiger partial charge in [0.15, 0.2) is 0 Å². The Morgan fingerprint density at radius 3 is 1.91 bits per heavy atom. The molecule has 3 aromatic rings. The zero-order valence-corrected chi connectivity index (χ0v) is 28.0. The molecule has 0 atom stereocenters. The number of thiazole rings is 1. The summed E-state index contributed by atoms with van der Waals surface area (Å²) < 4.78 is 6.83. The van der Waals surface area contributed by atoms with Crippen molar-refractivity contribution in [1.29, 1.82) is 0 Å². The summed E-state index contributed by atoms with van der Waals surface area (Å²) in [5.41, 5.74) is 3.16. The zero-order chi connectivity index (χ0) is 31.4. The quantitative estimate of drug-likeness (QED) is 0.107. The summed E-state index contributed by atoms with van der Waals surface area (Å²) in [4.78, 5) is 29.9. The maximum atomic E-state index is 12.8. The van der Waals surface area contributed by atoms with Crippen molar-refractivity contribution in [2.75, 3.05) is 6.61 Å². The second-order valence-corrected chi connectivity index (χ2v) is 13.0. The molecule has 2 heterocycles. The van der Waals surface area contributed by atoms with Crippen molar-refractivity contribution < 1.29 is 14.6 Å². The predicted octanol–water partition coefficient (Wildman–Crippen LogP) is 9.69. The van der Waals surface area contributed by atoms with Crippen LogP contribution in [0.25, 0.3) is 0 Å². The molecule has 0 aliphatic rings. The summed E-state index contributed by atoms with van der Waals surface area (Å²) >= 11 is 0.945. The minimum absolute atomic E-state index is 0.215. The van der Waals surface area contributed by atoms with Crippen LogP contribution in [0, 0.1) is 0 Å². The lowest BCUT2D eigenvalue weighted by Crippen LogP contribution is -2.20. The number of pyridine rings is 1. The van der Waals surface area contributed by atoms with E-state index in [0.717, 1.165) is 65.0 Å². The average molecular weight is 623 g/mol. The van der Waals surface area contributed by atoms with Crippen molar-refractivity contribution in [3.8, 4) is 11.6 Å². The molecule has 0 aliphatic heterocycles. The zero-order valence-electron chi connectivity index (χ0n) is 27.2. The molecule has 0 saturated carbocycles. The van der Waals surface area contributed by atoms with Crippen LogP contribution in [0.2, 0.25) is 0 Å². The molecule has 1 aromatic carbocycles. The number of aromatic nitrogens is 2. The third-order valence-corrected chi connectivity index (χ3v) is 9.24. The van der Waals surface area contributed by atoms with Gasteiger partial charge in [-0.15, -0.1) is 0 Å². The Morgan fingerprint density at radius 1 is 0.795 bits per heavy atom. The van der Waals surface area contributed by atoms with Gasteiger partial charge in [0.05, 0.1) is 11.5 Å². The van der Waals surface area contributed by atoms with Gasteiger partial charge in [0.2, 0.25) is 11.8 Å². The van der Waals surface area contributed by atoms with E-state index in [1.807, 2.05) is 36.5 Å². The predicted molar refractivity (Wildman–Crippen MR) is 182 cm³/mol. The highest BCUT2D eigenvalue weighted by Gasteiger charge is 2.19. The Bertz CT molecular complexity index is 1260. The molecule has 0 radical (unpaired) electrons. The maximum absolute atomic E-state index is 12.8. The number of carbonyl (C=O) groups excluding carboxylic acids is 1. The van der Waals surface area contributed by atoms with Gasteiger partial charge in [-0.25, -0.2) is 4.57 Å². The number of ether oxygens (including phenoxy) is 1. The van der Waals surface area contributed by atoms with Crippen molar-refractivity contribution in [2.45, 2.75) is 136 Å². The molecule has 0 fully saturated rings. The first kappa shape index (κ1) is 35.5. The number of benzene rings is 1. The third-order valence-electron chi connectivity index (χ3n) is 8.31. The van der Waals surface area contributed by atoms with Crippen LogP contribution < -0.4 is 9.61 Å². The highest BCUT2D eigenvalue weighted by molar-refractivity contribution is 7.09.